The van der Waals surface area contributed by atoms with Crippen LogP contribution in [0.25, 0.3) is 22.0 Å². The van der Waals surface area contributed by atoms with Crippen LogP contribution in [0.3, 0.4) is 0 Å². The van der Waals surface area contributed by atoms with Gasteiger partial charge in [0.05, 0.1) is 5.75 Å². The normalized spacial score (nSPS) is 14.9. The summed E-state index contributed by atoms with van der Waals surface area (Å²) in [6.07, 6.45) is 4.68. The molecule has 1 aliphatic carbocycles. The van der Waals surface area contributed by atoms with Crippen LogP contribution in [0.4, 0.5) is 10.5 Å². The molecule has 42 heavy (non-hydrogen) atoms. The van der Waals surface area contributed by atoms with Crippen LogP contribution >= 0.6 is 0 Å². The van der Waals surface area contributed by atoms with Crippen LogP contribution in [-0.4, -0.2) is 61.5 Å². The summed E-state index contributed by atoms with van der Waals surface area (Å²) in [5.41, 5.74) is 4.61. The van der Waals surface area contributed by atoms with Gasteiger partial charge in [-0.15, -0.1) is 0 Å². The van der Waals surface area contributed by atoms with Gasteiger partial charge < -0.3 is 29.8 Å². The predicted molar refractivity (Wildman–Crippen MR) is 163 cm³/mol. The topological polar surface area (TPSA) is 143 Å². The maximum atomic E-state index is 13.5. The molecule has 5 rings (SSSR count). The number of H-pyrrole nitrogens is 1. The Labute approximate surface area is 245 Å². The van der Waals surface area contributed by atoms with E-state index in [1.165, 1.54) is 10.8 Å². The Morgan fingerprint density at radius 3 is 2.45 bits per heavy atom. The van der Waals surface area contributed by atoms with Gasteiger partial charge in [0.15, 0.2) is 9.84 Å². The van der Waals surface area contributed by atoms with E-state index in [2.05, 4.69) is 20.5 Å². The maximum Gasteiger partial charge on any atom is 0.407 e. The number of rotatable bonds is 8. The van der Waals surface area contributed by atoms with Crippen LogP contribution < -0.4 is 21.1 Å². The van der Waals surface area contributed by atoms with Gasteiger partial charge >= 0.3 is 6.09 Å². The van der Waals surface area contributed by atoms with Crippen molar-refractivity contribution in [2.24, 2.45) is 13.0 Å². The zero-order valence-corrected chi connectivity index (χ0v) is 25.8. The number of aromatic amines is 1. The molecule has 1 aliphatic heterocycles. The molecule has 11 nitrogen and oxygen atoms in total. The fraction of sp³-hybridized carbons (Fsp3) is 0.500. The lowest BCUT2D eigenvalue weighted by atomic mass is 9.96. The molecule has 0 atom stereocenters. The summed E-state index contributed by atoms with van der Waals surface area (Å²) in [6.45, 7) is 8.77. The number of anilines is 1. The highest BCUT2D eigenvalue weighted by Gasteiger charge is 2.33. The Morgan fingerprint density at radius 1 is 1.12 bits per heavy atom. The smallest absolute Gasteiger partial charge is 0.407 e. The SMILES string of the molecule is Cc1cc2c(cc1CS(C)(=O)=O)-c1cn(C)c(=O)c3[nH]c(C(=O)NCCNC(=O)OC(C)(C)C)c(c13)CN2CC1CC1. The van der Waals surface area contributed by atoms with Gasteiger partial charge in [0, 0.05) is 73.4 Å². The van der Waals surface area contributed by atoms with Crippen LogP contribution in [0.2, 0.25) is 0 Å². The van der Waals surface area contributed by atoms with Gasteiger partial charge in [0.25, 0.3) is 11.5 Å². The number of nitrogens with zero attached hydrogens (tertiary/aromatic N) is 2. The van der Waals surface area contributed by atoms with Crippen LogP contribution in [0.15, 0.2) is 23.1 Å². The zero-order valence-electron chi connectivity index (χ0n) is 25.0. The Hall–Kier alpha value is -3.80. The average molecular weight is 598 g/mol. The number of benzene rings is 1. The van der Waals surface area contributed by atoms with Crippen LogP contribution in [0, 0.1) is 12.8 Å². The van der Waals surface area contributed by atoms with E-state index in [0.717, 1.165) is 47.3 Å². The number of aryl methyl sites for hydroxylation is 2. The molecule has 3 heterocycles. The molecule has 12 heteroatoms. The molecule has 3 aromatic rings. The number of alkyl carbamates (subject to hydrolysis) is 1. The molecule has 1 saturated carbocycles. The molecule has 3 N–H and O–H groups in total. The number of ether oxygens (including phenoxy) is 1. The van der Waals surface area contributed by atoms with E-state index in [0.29, 0.717) is 34.6 Å². The molecule has 0 radical (unpaired) electrons. The van der Waals surface area contributed by atoms with Gasteiger partial charge in [-0.25, -0.2) is 13.2 Å². The van der Waals surface area contributed by atoms with Crippen LogP contribution in [-0.2, 0) is 33.9 Å². The first-order valence-electron chi connectivity index (χ1n) is 14.2. The maximum absolute atomic E-state index is 13.5. The van der Waals surface area contributed by atoms with E-state index in [-0.39, 0.29) is 30.3 Å². The molecule has 2 aromatic heterocycles. The first-order valence-corrected chi connectivity index (χ1v) is 16.2. The Morgan fingerprint density at radius 2 is 1.81 bits per heavy atom. The third-order valence-electron chi connectivity index (χ3n) is 7.56. The van der Waals surface area contributed by atoms with Crippen LogP contribution in [0.1, 0.15) is 60.8 Å². The van der Waals surface area contributed by atoms with Crippen molar-refractivity contribution in [3.05, 3.63) is 51.1 Å². The van der Waals surface area contributed by atoms with Crippen molar-refractivity contribution in [3.63, 3.8) is 0 Å². The standard InChI is InChI=1S/C30H39N5O6S/c1-17-11-23-20(12-19(17)16-42(6,39)40)21-14-34(5)28(37)26-24(21)22(15-35(23)13-18-7-8-18)25(33-26)27(36)31-9-10-32-29(38)41-30(2,3)4/h11-12,14,18,33H,7-10,13,15-16H2,1-6H3,(H,31,36)(H,32,38). The van der Waals surface area contributed by atoms with E-state index in [1.54, 1.807) is 34.0 Å². The predicted octanol–water partition coefficient (Wildman–Crippen LogP) is 3.37. The number of carbonyl (C=O) groups is 2. The van der Waals surface area contributed by atoms with Crippen molar-refractivity contribution in [2.45, 2.75) is 58.4 Å². The number of fused-ring (bicyclic) bond motifs is 2. The Kier molecular flexibility index (Phi) is 7.63. The van der Waals surface area contributed by atoms with Gasteiger partial charge in [-0.05, 0) is 69.7 Å². The minimum Gasteiger partial charge on any atom is -0.444 e. The molecule has 1 aromatic carbocycles. The second-order valence-corrected chi connectivity index (χ2v) is 14.7. The average Bonchev–Trinajstić information content (AvgIpc) is 3.62. The number of amides is 2. The molecule has 0 saturated heterocycles. The van der Waals surface area contributed by atoms with E-state index in [4.69, 9.17) is 4.74 Å². The monoisotopic (exact) mass is 597 g/mol. The largest absolute Gasteiger partial charge is 0.444 e. The lowest BCUT2D eigenvalue weighted by Crippen LogP contribution is -2.38. The molecular weight excluding hydrogens is 558 g/mol. The van der Waals surface area contributed by atoms with Gasteiger partial charge in [0.2, 0.25) is 0 Å². The van der Waals surface area contributed by atoms with E-state index in [9.17, 15) is 22.8 Å². The van der Waals surface area contributed by atoms with Crippen molar-refractivity contribution in [1.82, 2.24) is 20.2 Å². The third kappa shape index (κ3) is 6.33. The van der Waals surface area contributed by atoms with Gasteiger partial charge in [0.1, 0.15) is 16.8 Å². The minimum atomic E-state index is -3.28. The zero-order chi connectivity index (χ0) is 30.6. The van der Waals surface area contributed by atoms with E-state index in [1.807, 2.05) is 19.1 Å². The number of aromatic nitrogens is 2. The van der Waals surface area contributed by atoms with E-state index >= 15 is 0 Å². The van der Waals surface area contributed by atoms with Gasteiger partial charge in [-0.3, -0.25) is 9.59 Å². The number of hydrogen-bond donors (Lipinski definition) is 3. The molecule has 226 valence electrons. The van der Waals surface area contributed by atoms with Crippen molar-refractivity contribution in [1.29, 1.82) is 0 Å². The third-order valence-corrected chi connectivity index (χ3v) is 8.40. The summed E-state index contributed by atoms with van der Waals surface area (Å²) < 4.78 is 31.2. The molecule has 0 unspecified atom stereocenters. The lowest BCUT2D eigenvalue weighted by Gasteiger charge is -2.27. The number of nitrogens with one attached hydrogen (secondary N) is 3. The minimum absolute atomic E-state index is 0.0887. The number of carbonyl (C=O) groups excluding carboxylic acids is 2. The molecule has 2 aliphatic rings. The molecule has 1 fully saturated rings. The first-order chi connectivity index (χ1) is 19.6. The molecule has 0 spiro atoms. The van der Waals surface area contributed by atoms with Crippen molar-refractivity contribution in [2.75, 3.05) is 30.8 Å². The summed E-state index contributed by atoms with van der Waals surface area (Å²) in [5, 5.41) is 6.15. The summed E-state index contributed by atoms with van der Waals surface area (Å²) in [6, 6.07) is 3.96. The number of sulfone groups is 1. The van der Waals surface area contributed by atoms with Crippen molar-refractivity contribution >= 4 is 38.4 Å². The van der Waals surface area contributed by atoms with Crippen molar-refractivity contribution < 1.29 is 22.7 Å². The Balaban J connectivity index is 1.55. The fourth-order valence-electron chi connectivity index (χ4n) is 5.49. The van der Waals surface area contributed by atoms with E-state index < -0.39 is 21.5 Å². The van der Waals surface area contributed by atoms with Gasteiger partial charge in [-0.2, -0.15) is 0 Å². The molecule has 2 amide bonds. The quantitative estimate of drug-likeness (QED) is 0.338. The summed E-state index contributed by atoms with van der Waals surface area (Å²) in [4.78, 5) is 44.2. The summed E-state index contributed by atoms with van der Waals surface area (Å²) in [7, 11) is -1.61. The first kappa shape index (κ1) is 29.7. The van der Waals surface area contributed by atoms with Crippen molar-refractivity contribution in [3.8, 4) is 11.1 Å². The van der Waals surface area contributed by atoms with Gasteiger partial charge in [-0.1, -0.05) is 0 Å². The van der Waals surface area contributed by atoms with Crippen LogP contribution in [0.5, 0.6) is 0 Å². The summed E-state index contributed by atoms with van der Waals surface area (Å²) >= 11 is 0. The highest BCUT2D eigenvalue weighted by atomic mass is 32.2. The molecular formula is C30H39N5O6S. The second-order valence-electron chi connectivity index (χ2n) is 12.6. The summed E-state index contributed by atoms with van der Waals surface area (Å²) in [5.74, 6) is 0.0626. The highest BCUT2D eigenvalue weighted by molar-refractivity contribution is 7.89. The molecule has 0 bridgehead atoms. The number of hydrogen-bond acceptors (Lipinski definition) is 7. The second kappa shape index (κ2) is 10.8. The highest BCUT2D eigenvalue weighted by Crippen LogP contribution is 2.44. The Bertz CT molecular complexity index is 1740. The fourth-order valence-corrected chi connectivity index (χ4v) is 6.37. The lowest BCUT2D eigenvalue weighted by molar-refractivity contribution is 0.0526. The number of pyridine rings is 1.